The first-order valence-corrected chi connectivity index (χ1v) is 7.33. The molecule has 0 spiro atoms. The van der Waals surface area contributed by atoms with Gasteiger partial charge < -0.3 is 10.4 Å². The number of rotatable bonds is 5. The van der Waals surface area contributed by atoms with E-state index < -0.39 is 22.9 Å². The Morgan fingerprint density at radius 1 is 0.905 bits per heavy atom. The third-order valence-corrected chi connectivity index (χ3v) is 3.51. The van der Waals surface area contributed by atoms with Crippen LogP contribution >= 0.6 is 23.2 Å². The van der Waals surface area contributed by atoms with Crippen molar-refractivity contribution < 1.29 is 9.90 Å². The van der Waals surface area contributed by atoms with Gasteiger partial charge in [0.1, 0.15) is 6.10 Å². The lowest BCUT2D eigenvalue weighted by atomic mass is 9.96. The van der Waals surface area contributed by atoms with Gasteiger partial charge in [0, 0.05) is 0 Å². The van der Waals surface area contributed by atoms with Crippen LogP contribution in [-0.4, -0.2) is 15.8 Å². The summed E-state index contributed by atoms with van der Waals surface area (Å²) in [5.41, 5.74) is 1.48. The lowest BCUT2D eigenvalue weighted by molar-refractivity contribution is -0.121. The van der Waals surface area contributed by atoms with E-state index >= 15 is 0 Å². The SMILES string of the molecule is O=C(N[C@H](c1ccccc1)[C@@H](O)c1ccccc1)C(Cl)Cl. The van der Waals surface area contributed by atoms with Crippen LogP contribution in [-0.2, 0) is 4.79 Å². The predicted molar refractivity (Wildman–Crippen MR) is 84.2 cm³/mol. The third kappa shape index (κ3) is 4.21. The number of carbonyl (C=O) groups is 1. The minimum Gasteiger partial charge on any atom is -0.386 e. The largest absolute Gasteiger partial charge is 0.386 e. The van der Waals surface area contributed by atoms with Crippen molar-refractivity contribution in [3.05, 3.63) is 71.8 Å². The molecule has 2 atom stereocenters. The van der Waals surface area contributed by atoms with Crippen molar-refractivity contribution in [2.45, 2.75) is 17.0 Å². The summed E-state index contributed by atoms with van der Waals surface area (Å²) >= 11 is 11.2. The third-order valence-electron chi connectivity index (χ3n) is 3.11. The average molecular weight is 324 g/mol. The van der Waals surface area contributed by atoms with Gasteiger partial charge in [-0.3, -0.25) is 4.79 Å². The number of aliphatic hydroxyl groups is 1. The van der Waals surface area contributed by atoms with E-state index in [0.717, 1.165) is 5.56 Å². The Balaban J connectivity index is 2.30. The molecule has 2 rings (SSSR count). The summed E-state index contributed by atoms with van der Waals surface area (Å²) < 4.78 is 0. The molecule has 5 heteroatoms. The van der Waals surface area contributed by atoms with Crippen LogP contribution in [0.1, 0.15) is 23.3 Å². The van der Waals surface area contributed by atoms with Crippen molar-refractivity contribution in [2.75, 3.05) is 0 Å². The smallest absolute Gasteiger partial charge is 0.253 e. The number of hydrogen-bond donors (Lipinski definition) is 2. The highest BCUT2D eigenvalue weighted by Crippen LogP contribution is 2.29. The molecule has 2 N–H and O–H groups in total. The molecule has 0 unspecified atom stereocenters. The molecule has 2 aromatic carbocycles. The minimum absolute atomic E-state index is 0.540. The highest BCUT2D eigenvalue weighted by atomic mass is 35.5. The molecule has 0 bridgehead atoms. The fourth-order valence-electron chi connectivity index (χ4n) is 2.06. The van der Waals surface area contributed by atoms with Crippen LogP contribution in [0.5, 0.6) is 0 Å². The van der Waals surface area contributed by atoms with Crippen LogP contribution in [0.25, 0.3) is 0 Å². The molecule has 110 valence electrons. The molecule has 0 radical (unpaired) electrons. The van der Waals surface area contributed by atoms with Crippen molar-refractivity contribution in [3.8, 4) is 0 Å². The quantitative estimate of drug-likeness (QED) is 0.829. The van der Waals surface area contributed by atoms with Gasteiger partial charge in [-0.1, -0.05) is 83.9 Å². The first kappa shape index (κ1) is 15.8. The van der Waals surface area contributed by atoms with Crippen molar-refractivity contribution in [3.63, 3.8) is 0 Å². The highest BCUT2D eigenvalue weighted by Gasteiger charge is 2.26. The molecule has 2 aromatic rings. The predicted octanol–water partition coefficient (Wildman–Crippen LogP) is 3.38. The van der Waals surface area contributed by atoms with Gasteiger partial charge in [-0.25, -0.2) is 0 Å². The van der Waals surface area contributed by atoms with Crippen LogP contribution in [0, 0.1) is 0 Å². The molecule has 21 heavy (non-hydrogen) atoms. The Morgan fingerprint density at radius 3 is 1.86 bits per heavy atom. The molecule has 0 aromatic heterocycles. The molecule has 1 amide bonds. The molecule has 0 aliphatic heterocycles. The first-order valence-electron chi connectivity index (χ1n) is 6.46. The maximum absolute atomic E-state index is 11.8. The van der Waals surface area contributed by atoms with E-state index in [-0.39, 0.29) is 0 Å². The lowest BCUT2D eigenvalue weighted by Crippen LogP contribution is -2.35. The Bertz CT molecular complexity index is 575. The van der Waals surface area contributed by atoms with Crippen LogP contribution in [0.15, 0.2) is 60.7 Å². The number of halogens is 2. The molecule has 3 nitrogen and oxygen atoms in total. The van der Waals surface area contributed by atoms with Gasteiger partial charge >= 0.3 is 0 Å². The van der Waals surface area contributed by atoms with E-state index in [2.05, 4.69) is 5.32 Å². The van der Waals surface area contributed by atoms with Crippen molar-refractivity contribution in [1.82, 2.24) is 5.32 Å². The lowest BCUT2D eigenvalue weighted by Gasteiger charge is -2.25. The molecule has 0 heterocycles. The number of amides is 1. The van der Waals surface area contributed by atoms with Crippen LogP contribution < -0.4 is 5.32 Å². The summed E-state index contributed by atoms with van der Waals surface area (Å²) in [6, 6.07) is 17.7. The summed E-state index contributed by atoms with van der Waals surface area (Å²) in [7, 11) is 0. The Morgan fingerprint density at radius 2 is 1.38 bits per heavy atom. The zero-order chi connectivity index (χ0) is 15.2. The van der Waals surface area contributed by atoms with Crippen LogP contribution in [0.3, 0.4) is 0 Å². The summed E-state index contributed by atoms with van der Waals surface area (Å²) in [6.07, 6.45) is -0.898. The van der Waals surface area contributed by atoms with Gasteiger partial charge in [-0.05, 0) is 11.1 Å². The number of alkyl halides is 2. The van der Waals surface area contributed by atoms with Crippen LogP contribution in [0.4, 0.5) is 0 Å². The summed E-state index contributed by atoms with van der Waals surface area (Å²) in [4.78, 5) is 10.6. The number of carbonyl (C=O) groups excluding carboxylic acids is 1. The van der Waals surface area contributed by atoms with Crippen molar-refractivity contribution >= 4 is 29.1 Å². The Kier molecular flexibility index (Phi) is 5.62. The van der Waals surface area contributed by atoms with E-state index in [0.29, 0.717) is 5.56 Å². The Hall–Kier alpha value is -1.55. The number of aliphatic hydroxyl groups excluding tert-OH is 1. The average Bonchev–Trinajstić information content (AvgIpc) is 2.53. The van der Waals surface area contributed by atoms with E-state index in [1.165, 1.54) is 0 Å². The zero-order valence-corrected chi connectivity index (χ0v) is 12.6. The van der Waals surface area contributed by atoms with E-state index in [9.17, 15) is 9.90 Å². The molecule has 0 saturated carbocycles. The molecule has 0 aliphatic rings. The van der Waals surface area contributed by atoms with E-state index in [1.807, 2.05) is 48.5 Å². The van der Waals surface area contributed by atoms with Crippen LogP contribution in [0.2, 0.25) is 0 Å². The van der Waals surface area contributed by atoms with Gasteiger partial charge in [0.05, 0.1) is 6.04 Å². The van der Waals surface area contributed by atoms with Gasteiger partial charge in [0.15, 0.2) is 4.84 Å². The zero-order valence-electron chi connectivity index (χ0n) is 11.1. The monoisotopic (exact) mass is 323 g/mol. The normalized spacial score (nSPS) is 13.7. The summed E-state index contributed by atoms with van der Waals surface area (Å²) in [5.74, 6) is -0.540. The molecule has 0 fully saturated rings. The second-order valence-electron chi connectivity index (χ2n) is 4.55. The number of nitrogens with one attached hydrogen (secondary N) is 1. The fraction of sp³-hybridized carbons (Fsp3) is 0.188. The van der Waals surface area contributed by atoms with Gasteiger partial charge in [0.25, 0.3) is 5.91 Å². The molecular formula is C16H15Cl2NO2. The molecule has 0 aliphatic carbocycles. The second kappa shape index (κ2) is 7.46. The summed E-state index contributed by atoms with van der Waals surface area (Å²) in [6.45, 7) is 0. The standard InChI is InChI=1S/C16H15Cl2NO2/c17-15(18)16(21)19-13(11-7-3-1-4-8-11)14(20)12-9-5-2-6-10-12/h1-10,13-15,20H,(H,19,21)/t13-,14+/m1/s1. The van der Waals surface area contributed by atoms with Gasteiger partial charge in [-0.15, -0.1) is 0 Å². The fourth-order valence-corrected chi connectivity index (χ4v) is 2.19. The van der Waals surface area contributed by atoms with Crippen molar-refractivity contribution in [1.29, 1.82) is 0 Å². The Labute approximate surface area is 133 Å². The van der Waals surface area contributed by atoms with Gasteiger partial charge in [-0.2, -0.15) is 0 Å². The van der Waals surface area contributed by atoms with Gasteiger partial charge in [0.2, 0.25) is 0 Å². The molecular weight excluding hydrogens is 309 g/mol. The minimum atomic E-state index is -1.18. The van der Waals surface area contributed by atoms with E-state index in [1.54, 1.807) is 12.1 Å². The maximum Gasteiger partial charge on any atom is 0.253 e. The van der Waals surface area contributed by atoms with E-state index in [4.69, 9.17) is 23.2 Å². The maximum atomic E-state index is 11.8. The number of benzene rings is 2. The first-order chi connectivity index (χ1) is 10.1. The number of hydrogen-bond acceptors (Lipinski definition) is 2. The van der Waals surface area contributed by atoms with Crippen molar-refractivity contribution in [2.24, 2.45) is 0 Å². The topological polar surface area (TPSA) is 49.3 Å². The molecule has 0 saturated heterocycles. The second-order valence-corrected chi connectivity index (χ2v) is 5.65. The highest BCUT2D eigenvalue weighted by molar-refractivity contribution is 6.53. The summed E-state index contributed by atoms with van der Waals surface area (Å²) in [5, 5.41) is 13.2.